The highest BCUT2D eigenvalue weighted by atomic mass is 16.5. The summed E-state index contributed by atoms with van der Waals surface area (Å²) >= 11 is 0. The Morgan fingerprint density at radius 3 is 2.90 bits per heavy atom. The lowest BCUT2D eigenvalue weighted by atomic mass is 10.1. The third kappa shape index (κ3) is 3.91. The number of benzene rings is 1. The maximum atomic E-state index is 12.4. The molecule has 0 unspecified atom stereocenters. The van der Waals surface area contributed by atoms with Gasteiger partial charge in [-0.2, -0.15) is 0 Å². The lowest BCUT2D eigenvalue weighted by Gasteiger charge is -2.14. The summed E-state index contributed by atoms with van der Waals surface area (Å²) < 4.78 is 5.93. The van der Waals surface area contributed by atoms with E-state index in [0.29, 0.717) is 22.5 Å². The standard InChI is InChI=1S/C21H24N6O3/c1-11(2)25-20(28)15-9-23-19-18(15)27-17(10-24-19)30-13-6-4-12-5-7-16(14(12)8-13)26-21(29)22-3/h4,6,8-11,16H,5,7H2,1-3H3,(H,23,24)(H,25,28)(H2,22,26,29)/t16-/m1/s1. The van der Waals surface area contributed by atoms with Gasteiger partial charge >= 0.3 is 6.03 Å². The largest absolute Gasteiger partial charge is 0.437 e. The van der Waals surface area contributed by atoms with Gasteiger partial charge in [0.2, 0.25) is 5.88 Å². The minimum absolute atomic E-state index is 0.0117. The number of ether oxygens (including phenoxy) is 1. The Bertz CT molecular complexity index is 1110. The molecule has 3 amide bonds. The number of H-pyrrole nitrogens is 1. The van der Waals surface area contributed by atoms with E-state index >= 15 is 0 Å². The first kappa shape index (κ1) is 19.7. The number of hydrogen-bond donors (Lipinski definition) is 4. The first-order chi connectivity index (χ1) is 14.4. The van der Waals surface area contributed by atoms with Crippen molar-refractivity contribution in [3.05, 3.63) is 47.3 Å². The minimum atomic E-state index is -0.219. The molecule has 4 rings (SSSR count). The molecule has 1 aliphatic rings. The van der Waals surface area contributed by atoms with Gasteiger partial charge in [0, 0.05) is 19.3 Å². The summed E-state index contributed by atoms with van der Waals surface area (Å²) in [4.78, 5) is 35.8. The van der Waals surface area contributed by atoms with Gasteiger partial charge in [-0.3, -0.25) is 4.79 Å². The highest BCUT2D eigenvalue weighted by Crippen LogP contribution is 2.35. The molecule has 2 aromatic heterocycles. The molecule has 0 aliphatic heterocycles. The van der Waals surface area contributed by atoms with Crippen LogP contribution < -0.4 is 20.7 Å². The van der Waals surface area contributed by atoms with Gasteiger partial charge < -0.3 is 25.7 Å². The zero-order valence-corrected chi connectivity index (χ0v) is 17.1. The third-order valence-electron chi connectivity index (χ3n) is 4.97. The normalized spacial score (nSPS) is 15.1. The van der Waals surface area contributed by atoms with Gasteiger partial charge in [0.15, 0.2) is 5.65 Å². The van der Waals surface area contributed by atoms with E-state index in [1.54, 1.807) is 13.2 Å². The summed E-state index contributed by atoms with van der Waals surface area (Å²) in [5, 5.41) is 8.38. The van der Waals surface area contributed by atoms with Crippen molar-refractivity contribution in [1.82, 2.24) is 30.9 Å². The molecule has 1 aromatic carbocycles. The molecule has 4 N–H and O–H groups in total. The van der Waals surface area contributed by atoms with Gasteiger partial charge in [-0.25, -0.2) is 14.8 Å². The Labute approximate surface area is 173 Å². The zero-order valence-electron chi connectivity index (χ0n) is 17.1. The second-order valence-corrected chi connectivity index (χ2v) is 7.51. The second kappa shape index (κ2) is 8.02. The van der Waals surface area contributed by atoms with Gasteiger partial charge in [0.05, 0.1) is 17.8 Å². The van der Waals surface area contributed by atoms with Crippen molar-refractivity contribution >= 4 is 23.1 Å². The number of aromatic nitrogens is 3. The summed E-state index contributed by atoms with van der Waals surface area (Å²) in [6.45, 7) is 3.79. The number of nitrogens with one attached hydrogen (secondary N) is 4. The fourth-order valence-electron chi connectivity index (χ4n) is 3.58. The average molecular weight is 408 g/mol. The Balaban J connectivity index is 1.58. The van der Waals surface area contributed by atoms with Gasteiger partial charge in [0.25, 0.3) is 5.91 Å². The fraction of sp³-hybridized carbons (Fsp3) is 0.333. The molecule has 0 saturated carbocycles. The Kier molecular flexibility index (Phi) is 5.26. The predicted molar refractivity (Wildman–Crippen MR) is 112 cm³/mol. The Hall–Kier alpha value is -3.62. The summed E-state index contributed by atoms with van der Waals surface area (Å²) in [6.07, 6.45) is 4.84. The van der Waals surface area contributed by atoms with Crippen LogP contribution in [0.4, 0.5) is 4.79 Å². The molecule has 9 nitrogen and oxygen atoms in total. The van der Waals surface area contributed by atoms with Crippen LogP contribution in [0.5, 0.6) is 11.6 Å². The summed E-state index contributed by atoms with van der Waals surface area (Å²) in [7, 11) is 1.59. The van der Waals surface area contributed by atoms with Crippen LogP contribution in [0.2, 0.25) is 0 Å². The van der Waals surface area contributed by atoms with E-state index in [9.17, 15) is 9.59 Å². The lowest BCUT2D eigenvalue weighted by molar-refractivity contribution is 0.0944. The van der Waals surface area contributed by atoms with Gasteiger partial charge in [-0.15, -0.1) is 0 Å². The molecule has 0 saturated heterocycles. The highest BCUT2D eigenvalue weighted by molar-refractivity contribution is 6.04. The summed E-state index contributed by atoms with van der Waals surface area (Å²) in [6, 6.07) is 5.52. The van der Waals surface area contributed by atoms with Gasteiger partial charge in [-0.05, 0) is 49.9 Å². The van der Waals surface area contributed by atoms with Gasteiger partial charge in [-0.1, -0.05) is 6.07 Å². The van der Waals surface area contributed by atoms with Gasteiger partial charge in [0.1, 0.15) is 11.3 Å². The van der Waals surface area contributed by atoms with Crippen molar-refractivity contribution in [2.45, 2.75) is 38.8 Å². The molecular formula is C21H24N6O3. The van der Waals surface area contributed by atoms with E-state index in [-0.39, 0.29) is 29.9 Å². The number of nitrogens with zero attached hydrogens (tertiary/aromatic N) is 2. The molecule has 0 radical (unpaired) electrons. The van der Waals surface area contributed by atoms with E-state index in [2.05, 4.69) is 30.9 Å². The molecular weight excluding hydrogens is 384 g/mol. The number of fused-ring (bicyclic) bond motifs is 2. The monoisotopic (exact) mass is 408 g/mol. The van der Waals surface area contributed by atoms with E-state index in [1.807, 2.05) is 32.0 Å². The molecule has 156 valence electrons. The van der Waals surface area contributed by atoms with Crippen LogP contribution in [0, 0.1) is 0 Å². The molecule has 3 aromatic rings. The first-order valence-electron chi connectivity index (χ1n) is 9.88. The van der Waals surface area contributed by atoms with Crippen molar-refractivity contribution in [1.29, 1.82) is 0 Å². The average Bonchev–Trinajstić information content (AvgIpc) is 3.31. The number of amides is 3. The highest BCUT2D eigenvalue weighted by Gasteiger charge is 2.24. The van der Waals surface area contributed by atoms with Crippen LogP contribution in [-0.2, 0) is 6.42 Å². The SMILES string of the molecule is CNC(=O)N[C@@H]1CCc2ccc(Oc3cnc4[nH]cc(C(=O)NC(C)C)c4n3)cc21. The van der Waals surface area contributed by atoms with Crippen molar-refractivity contribution in [3.63, 3.8) is 0 Å². The van der Waals surface area contributed by atoms with E-state index < -0.39 is 0 Å². The number of hydrogen-bond acceptors (Lipinski definition) is 5. The van der Waals surface area contributed by atoms with Crippen LogP contribution in [0.15, 0.2) is 30.6 Å². The topological polar surface area (TPSA) is 121 Å². The molecule has 0 spiro atoms. The maximum Gasteiger partial charge on any atom is 0.315 e. The van der Waals surface area contributed by atoms with Crippen molar-refractivity contribution in [3.8, 4) is 11.6 Å². The van der Waals surface area contributed by atoms with Crippen molar-refractivity contribution < 1.29 is 14.3 Å². The first-order valence-corrected chi connectivity index (χ1v) is 9.88. The molecule has 2 heterocycles. The van der Waals surface area contributed by atoms with Crippen LogP contribution in [-0.4, -0.2) is 40.0 Å². The molecule has 30 heavy (non-hydrogen) atoms. The van der Waals surface area contributed by atoms with Crippen LogP contribution in [0.25, 0.3) is 11.2 Å². The van der Waals surface area contributed by atoms with Crippen LogP contribution in [0.3, 0.4) is 0 Å². The molecule has 9 heteroatoms. The Morgan fingerprint density at radius 1 is 1.30 bits per heavy atom. The second-order valence-electron chi connectivity index (χ2n) is 7.51. The molecule has 1 atom stereocenters. The number of carbonyl (C=O) groups excluding carboxylic acids is 2. The molecule has 1 aliphatic carbocycles. The third-order valence-corrected chi connectivity index (χ3v) is 4.97. The smallest absolute Gasteiger partial charge is 0.315 e. The number of rotatable bonds is 5. The predicted octanol–water partition coefficient (Wildman–Crippen LogP) is 2.80. The van der Waals surface area contributed by atoms with E-state index in [1.165, 1.54) is 11.8 Å². The maximum absolute atomic E-state index is 12.4. The van der Waals surface area contributed by atoms with Crippen LogP contribution >= 0.6 is 0 Å². The minimum Gasteiger partial charge on any atom is -0.437 e. The fourth-order valence-corrected chi connectivity index (χ4v) is 3.58. The zero-order chi connectivity index (χ0) is 21.3. The number of urea groups is 1. The quantitative estimate of drug-likeness (QED) is 0.517. The molecule has 0 bridgehead atoms. The number of aryl methyl sites for hydroxylation is 1. The van der Waals surface area contributed by atoms with Crippen molar-refractivity contribution in [2.24, 2.45) is 0 Å². The summed E-state index contributed by atoms with van der Waals surface area (Å²) in [5.74, 6) is 0.662. The van der Waals surface area contributed by atoms with Crippen LogP contribution in [0.1, 0.15) is 47.8 Å². The Morgan fingerprint density at radius 2 is 2.13 bits per heavy atom. The summed E-state index contributed by atoms with van der Waals surface area (Å²) in [5.41, 5.74) is 3.60. The van der Waals surface area contributed by atoms with E-state index in [4.69, 9.17) is 4.74 Å². The van der Waals surface area contributed by atoms with Crippen molar-refractivity contribution in [2.75, 3.05) is 7.05 Å². The van der Waals surface area contributed by atoms with E-state index in [0.717, 1.165) is 18.4 Å². The lowest BCUT2D eigenvalue weighted by Crippen LogP contribution is -2.34. The number of carbonyl (C=O) groups is 2. The number of aromatic amines is 1. The molecule has 0 fully saturated rings.